The predicted molar refractivity (Wildman–Crippen MR) is 72.5 cm³/mol. The van der Waals surface area contributed by atoms with Crippen molar-refractivity contribution in [3.63, 3.8) is 0 Å². The summed E-state index contributed by atoms with van der Waals surface area (Å²) in [5.74, 6) is 0.231. The summed E-state index contributed by atoms with van der Waals surface area (Å²) in [6.07, 6.45) is 4.14. The summed E-state index contributed by atoms with van der Waals surface area (Å²) in [6.45, 7) is 6.56. The van der Waals surface area contributed by atoms with E-state index < -0.39 is 0 Å². The Bertz CT molecular complexity index is 366. The van der Waals surface area contributed by atoms with Crippen LogP contribution < -0.4 is 0 Å². The van der Waals surface area contributed by atoms with Crippen molar-refractivity contribution in [1.82, 2.24) is 14.8 Å². The molecule has 4 heteroatoms. The van der Waals surface area contributed by atoms with Crippen molar-refractivity contribution in [2.75, 3.05) is 26.7 Å². The first-order chi connectivity index (χ1) is 8.69. The molecular formula is C14H23N3O. The highest BCUT2D eigenvalue weighted by Gasteiger charge is 2.23. The van der Waals surface area contributed by atoms with E-state index in [1.165, 1.54) is 25.6 Å². The molecule has 1 N–H and O–H groups in total. The fourth-order valence-electron chi connectivity index (χ4n) is 2.73. The summed E-state index contributed by atoms with van der Waals surface area (Å²) in [5.41, 5.74) is 1.01. The molecule has 100 valence electrons. The molecule has 0 aromatic carbocycles. The standard InChI is InChI=1S/C14H23N3O/c1-3-17-8-4-5-13(17)11-16(2)10-12-6-7-14(18)9-15-12/h6-7,9,13,18H,3-5,8,10-11H2,1-2H3. The zero-order valence-corrected chi connectivity index (χ0v) is 11.3. The Balaban J connectivity index is 1.84. The second-order valence-corrected chi connectivity index (χ2v) is 5.13. The van der Waals surface area contributed by atoms with Crippen molar-refractivity contribution in [2.24, 2.45) is 0 Å². The van der Waals surface area contributed by atoms with E-state index in [0.29, 0.717) is 6.04 Å². The van der Waals surface area contributed by atoms with Crippen molar-refractivity contribution >= 4 is 0 Å². The van der Waals surface area contributed by atoms with Crippen LogP contribution in [-0.2, 0) is 6.54 Å². The minimum atomic E-state index is 0.231. The van der Waals surface area contributed by atoms with Gasteiger partial charge in [-0.05, 0) is 45.1 Å². The molecule has 1 aliphatic heterocycles. The molecule has 4 nitrogen and oxygen atoms in total. The second-order valence-electron chi connectivity index (χ2n) is 5.13. The van der Waals surface area contributed by atoms with Crippen LogP contribution in [0.2, 0.25) is 0 Å². The summed E-state index contributed by atoms with van der Waals surface area (Å²) in [7, 11) is 2.14. The molecule has 0 radical (unpaired) electrons. The molecule has 1 saturated heterocycles. The van der Waals surface area contributed by atoms with Crippen molar-refractivity contribution in [3.05, 3.63) is 24.0 Å². The summed E-state index contributed by atoms with van der Waals surface area (Å²) in [4.78, 5) is 9.10. The van der Waals surface area contributed by atoms with Gasteiger partial charge in [0.25, 0.3) is 0 Å². The van der Waals surface area contributed by atoms with Crippen LogP contribution in [-0.4, -0.2) is 52.6 Å². The van der Waals surface area contributed by atoms with Gasteiger partial charge < -0.3 is 5.11 Å². The molecule has 18 heavy (non-hydrogen) atoms. The number of aromatic hydroxyl groups is 1. The second kappa shape index (κ2) is 6.16. The van der Waals surface area contributed by atoms with Gasteiger partial charge in [0.1, 0.15) is 5.75 Å². The lowest BCUT2D eigenvalue weighted by atomic mass is 10.2. The molecule has 2 heterocycles. The number of rotatable bonds is 5. The van der Waals surface area contributed by atoms with Gasteiger partial charge in [0.15, 0.2) is 0 Å². The third kappa shape index (κ3) is 3.43. The lowest BCUT2D eigenvalue weighted by molar-refractivity contribution is 0.193. The molecule has 1 fully saturated rings. The number of pyridine rings is 1. The highest BCUT2D eigenvalue weighted by molar-refractivity contribution is 5.17. The molecule has 1 unspecified atom stereocenters. The van der Waals surface area contributed by atoms with E-state index in [2.05, 4.69) is 28.8 Å². The number of aromatic nitrogens is 1. The zero-order chi connectivity index (χ0) is 13.0. The molecule has 1 aliphatic rings. The van der Waals surface area contributed by atoms with Crippen LogP contribution >= 0.6 is 0 Å². The fourth-order valence-corrected chi connectivity index (χ4v) is 2.73. The van der Waals surface area contributed by atoms with Crippen LogP contribution in [0.15, 0.2) is 18.3 Å². The number of hydrogen-bond donors (Lipinski definition) is 1. The Morgan fingerprint density at radius 1 is 1.50 bits per heavy atom. The summed E-state index contributed by atoms with van der Waals surface area (Å²) in [5, 5.41) is 9.20. The van der Waals surface area contributed by atoms with E-state index in [1.54, 1.807) is 6.07 Å². The average molecular weight is 249 g/mol. The van der Waals surface area contributed by atoms with Crippen LogP contribution in [0.3, 0.4) is 0 Å². The maximum absolute atomic E-state index is 9.20. The maximum atomic E-state index is 9.20. The number of hydrogen-bond acceptors (Lipinski definition) is 4. The lowest BCUT2D eigenvalue weighted by Gasteiger charge is -2.27. The van der Waals surface area contributed by atoms with Gasteiger partial charge in [-0.25, -0.2) is 0 Å². The first-order valence-electron chi connectivity index (χ1n) is 6.75. The van der Waals surface area contributed by atoms with Crippen molar-refractivity contribution < 1.29 is 5.11 Å². The minimum absolute atomic E-state index is 0.231. The number of likely N-dealkylation sites (N-methyl/N-ethyl adjacent to an activating group) is 2. The topological polar surface area (TPSA) is 39.6 Å². The fraction of sp³-hybridized carbons (Fsp3) is 0.643. The summed E-state index contributed by atoms with van der Waals surface area (Å²) >= 11 is 0. The van der Waals surface area contributed by atoms with Gasteiger partial charge in [-0.3, -0.25) is 14.8 Å². The van der Waals surface area contributed by atoms with Crippen molar-refractivity contribution in [3.8, 4) is 5.75 Å². The van der Waals surface area contributed by atoms with Crippen molar-refractivity contribution in [2.45, 2.75) is 32.4 Å². The predicted octanol–water partition coefficient (Wildman–Crippen LogP) is 1.70. The van der Waals surface area contributed by atoms with Crippen LogP contribution in [0.4, 0.5) is 0 Å². The SMILES string of the molecule is CCN1CCCC1CN(C)Cc1ccc(O)cn1. The first-order valence-corrected chi connectivity index (χ1v) is 6.75. The normalized spacial score (nSPS) is 20.7. The molecule has 1 atom stereocenters. The van der Waals surface area contributed by atoms with E-state index in [0.717, 1.165) is 25.3 Å². The molecule has 0 saturated carbocycles. The van der Waals surface area contributed by atoms with E-state index in [-0.39, 0.29) is 5.75 Å². The van der Waals surface area contributed by atoms with E-state index >= 15 is 0 Å². The van der Waals surface area contributed by atoms with Gasteiger partial charge in [0.05, 0.1) is 11.9 Å². The van der Waals surface area contributed by atoms with Gasteiger partial charge in [-0.2, -0.15) is 0 Å². The number of nitrogens with zero attached hydrogens (tertiary/aromatic N) is 3. The molecule has 0 bridgehead atoms. The van der Waals surface area contributed by atoms with Crippen LogP contribution in [0.5, 0.6) is 5.75 Å². The monoisotopic (exact) mass is 249 g/mol. The number of likely N-dealkylation sites (tertiary alicyclic amines) is 1. The third-order valence-corrected chi connectivity index (χ3v) is 3.67. The summed E-state index contributed by atoms with van der Waals surface area (Å²) in [6, 6.07) is 4.28. The smallest absolute Gasteiger partial charge is 0.133 e. The molecule has 1 aromatic heterocycles. The van der Waals surface area contributed by atoms with Crippen molar-refractivity contribution in [1.29, 1.82) is 0 Å². The van der Waals surface area contributed by atoms with Gasteiger partial charge in [0, 0.05) is 19.1 Å². The Morgan fingerprint density at radius 3 is 3.00 bits per heavy atom. The summed E-state index contributed by atoms with van der Waals surface area (Å²) < 4.78 is 0. The van der Waals surface area contributed by atoms with E-state index in [1.807, 2.05) is 6.07 Å². The molecule has 2 rings (SSSR count). The molecule has 1 aromatic rings. The highest BCUT2D eigenvalue weighted by atomic mass is 16.3. The first kappa shape index (κ1) is 13.3. The highest BCUT2D eigenvalue weighted by Crippen LogP contribution is 2.18. The Labute approximate surface area is 109 Å². The van der Waals surface area contributed by atoms with E-state index in [9.17, 15) is 5.11 Å². The quantitative estimate of drug-likeness (QED) is 0.862. The van der Waals surface area contributed by atoms with Gasteiger partial charge in [0.2, 0.25) is 0 Å². The van der Waals surface area contributed by atoms with Crippen LogP contribution in [0.1, 0.15) is 25.5 Å². The van der Waals surface area contributed by atoms with Crippen LogP contribution in [0.25, 0.3) is 0 Å². The maximum Gasteiger partial charge on any atom is 0.133 e. The molecular weight excluding hydrogens is 226 g/mol. The molecule has 0 amide bonds. The minimum Gasteiger partial charge on any atom is -0.506 e. The molecule has 0 aliphatic carbocycles. The average Bonchev–Trinajstić information content (AvgIpc) is 2.79. The van der Waals surface area contributed by atoms with Crippen LogP contribution in [0, 0.1) is 0 Å². The Morgan fingerprint density at radius 2 is 2.33 bits per heavy atom. The molecule has 0 spiro atoms. The Kier molecular flexibility index (Phi) is 4.55. The zero-order valence-electron chi connectivity index (χ0n) is 11.3. The Hall–Kier alpha value is -1.13. The largest absolute Gasteiger partial charge is 0.506 e. The van der Waals surface area contributed by atoms with Gasteiger partial charge in [-0.1, -0.05) is 6.92 Å². The van der Waals surface area contributed by atoms with E-state index in [4.69, 9.17) is 0 Å². The van der Waals surface area contributed by atoms with Gasteiger partial charge >= 0.3 is 0 Å². The lowest BCUT2D eigenvalue weighted by Crippen LogP contribution is -2.38. The third-order valence-electron chi connectivity index (χ3n) is 3.67. The van der Waals surface area contributed by atoms with Gasteiger partial charge in [-0.15, -0.1) is 0 Å².